The van der Waals surface area contributed by atoms with Gasteiger partial charge in [0, 0.05) is 19.3 Å². The van der Waals surface area contributed by atoms with Crippen LogP contribution in [0.4, 0.5) is 0 Å². The summed E-state index contributed by atoms with van der Waals surface area (Å²) in [6, 6.07) is 0. The maximum atomic E-state index is 12.8. The van der Waals surface area contributed by atoms with Gasteiger partial charge >= 0.3 is 17.9 Å². The van der Waals surface area contributed by atoms with Crippen LogP contribution in [0.3, 0.4) is 0 Å². The van der Waals surface area contributed by atoms with Crippen LogP contribution in [-0.4, -0.2) is 37.2 Å². The van der Waals surface area contributed by atoms with E-state index in [0.29, 0.717) is 19.3 Å². The summed E-state index contributed by atoms with van der Waals surface area (Å²) in [5.74, 6) is -0.0814. The summed E-state index contributed by atoms with van der Waals surface area (Å²) in [6.45, 7) is 8.98. The largest absolute Gasteiger partial charge is 0.462 e. The molecule has 0 saturated heterocycles. The van der Waals surface area contributed by atoms with Crippen molar-refractivity contribution in [3.8, 4) is 0 Å². The van der Waals surface area contributed by atoms with E-state index >= 15 is 0 Å². The third-order valence-electron chi connectivity index (χ3n) is 12.8. The molecule has 0 aromatic carbocycles. The lowest BCUT2D eigenvalue weighted by atomic mass is 10.0. The Morgan fingerprint density at radius 1 is 0.306 bits per heavy atom. The Morgan fingerprint density at radius 2 is 0.532 bits per heavy atom. The molecule has 0 aliphatic heterocycles. The molecule has 0 aliphatic carbocycles. The van der Waals surface area contributed by atoms with E-state index in [1.54, 1.807) is 0 Å². The lowest BCUT2D eigenvalue weighted by Crippen LogP contribution is -2.30. The smallest absolute Gasteiger partial charge is 0.306 e. The lowest BCUT2D eigenvalue weighted by Gasteiger charge is -2.18. The molecule has 0 unspecified atom stereocenters. The van der Waals surface area contributed by atoms with Gasteiger partial charge in [0.15, 0.2) is 6.10 Å². The molecule has 0 spiro atoms. The first kappa shape index (κ1) is 60.4. The summed E-state index contributed by atoms with van der Waals surface area (Å²) >= 11 is 0. The Bertz CT molecular complexity index is 933. The second-order valence-electron chi connectivity index (χ2n) is 19.7. The highest BCUT2D eigenvalue weighted by Crippen LogP contribution is 2.18. The minimum Gasteiger partial charge on any atom is -0.462 e. The third-order valence-corrected chi connectivity index (χ3v) is 12.8. The van der Waals surface area contributed by atoms with Gasteiger partial charge in [-0.15, -0.1) is 0 Å². The summed E-state index contributed by atoms with van der Waals surface area (Å²) in [5, 5.41) is 0. The van der Waals surface area contributed by atoms with Gasteiger partial charge in [0.05, 0.1) is 0 Å². The Morgan fingerprint density at radius 3 is 0.790 bits per heavy atom. The molecule has 1 atom stereocenters. The van der Waals surface area contributed by atoms with Gasteiger partial charge in [-0.3, -0.25) is 14.4 Å². The first-order valence-corrected chi connectivity index (χ1v) is 27.9. The summed E-state index contributed by atoms with van der Waals surface area (Å²) < 4.78 is 16.8. The molecule has 0 aromatic heterocycles. The molecular weight excluding hydrogens is 769 g/mol. The number of ether oxygens (including phenoxy) is 3. The average molecular weight is 877 g/mol. The van der Waals surface area contributed by atoms with Gasteiger partial charge < -0.3 is 14.2 Å². The zero-order valence-corrected chi connectivity index (χ0v) is 42.3. The summed E-state index contributed by atoms with van der Waals surface area (Å²) in [7, 11) is 0. The van der Waals surface area contributed by atoms with E-state index < -0.39 is 6.10 Å². The first-order valence-electron chi connectivity index (χ1n) is 27.9. The van der Waals surface area contributed by atoms with E-state index in [4.69, 9.17) is 14.2 Å². The van der Waals surface area contributed by atoms with Gasteiger partial charge in [-0.05, 0) is 25.2 Å². The van der Waals surface area contributed by atoms with Crippen LogP contribution >= 0.6 is 0 Å². The van der Waals surface area contributed by atoms with Crippen molar-refractivity contribution < 1.29 is 28.6 Å². The number of unbranched alkanes of at least 4 members (excludes halogenated alkanes) is 38. The molecule has 0 N–H and O–H groups in total. The van der Waals surface area contributed by atoms with Crippen LogP contribution in [0.1, 0.15) is 317 Å². The Hall–Kier alpha value is -1.59. The van der Waals surface area contributed by atoms with Crippen LogP contribution in [0.25, 0.3) is 0 Å². The Kier molecular flexibility index (Phi) is 49.1. The number of carbonyl (C=O) groups is 3. The highest BCUT2D eigenvalue weighted by atomic mass is 16.6. The fourth-order valence-electron chi connectivity index (χ4n) is 8.57. The predicted octanol–water partition coefficient (Wildman–Crippen LogP) is 18.2. The summed E-state index contributed by atoms with van der Waals surface area (Å²) in [5.41, 5.74) is 0. The molecule has 6 heteroatoms. The maximum Gasteiger partial charge on any atom is 0.306 e. The second kappa shape index (κ2) is 50.4. The Balaban J connectivity index is 4.22. The molecule has 0 fully saturated rings. The molecule has 0 heterocycles. The van der Waals surface area contributed by atoms with E-state index in [1.807, 2.05) is 0 Å². The van der Waals surface area contributed by atoms with Crippen molar-refractivity contribution in [2.45, 2.75) is 323 Å². The van der Waals surface area contributed by atoms with E-state index in [1.165, 1.54) is 212 Å². The van der Waals surface area contributed by atoms with Gasteiger partial charge in [-0.2, -0.15) is 0 Å². The molecule has 6 nitrogen and oxygen atoms in total. The lowest BCUT2D eigenvalue weighted by molar-refractivity contribution is -0.167. The molecule has 0 aliphatic rings. The highest BCUT2D eigenvalue weighted by molar-refractivity contribution is 5.71. The average Bonchev–Trinajstić information content (AvgIpc) is 3.26. The number of rotatable bonds is 51. The molecule has 0 aromatic rings. The molecule has 0 radical (unpaired) electrons. The number of hydrogen-bond acceptors (Lipinski definition) is 6. The number of carbonyl (C=O) groups excluding carboxylic acids is 3. The molecule has 0 rings (SSSR count). The zero-order chi connectivity index (χ0) is 45.2. The monoisotopic (exact) mass is 877 g/mol. The molecule has 62 heavy (non-hydrogen) atoms. The van der Waals surface area contributed by atoms with Gasteiger partial charge in [0.1, 0.15) is 13.2 Å². The first-order chi connectivity index (χ1) is 30.4. The fourth-order valence-corrected chi connectivity index (χ4v) is 8.57. The van der Waals surface area contributed by atoms with Gasteiger partial charge in [0.25, 0.3) is 0 Å². The van der Waals surface area contributed by atoms with Crippen LogP contribution < -0.4 is 0 Å². The van der Waals surface area contributed by atoms with Crippen molar-refractivity contribution in [1.82, 2.24) is 0 Å². The van der Waals surface area contributed by atoms with Crippen molar-refractivity contribution in [1.29, 1.82) is 0 Å². The minimum atomic E-state index is -0.762. The Labute approximate surface area is 387 Å². The van der Waals surface area contributed by atoms with Crippen LogP contribution in [0.5, 0.6) is 0 Å². The van der Waals surface area contributed by atoms with Crippen LogP contribution in [0.15, 0.2) is 0 Å². The number of esters is 3. The highest BCUT2D eigenvalue weighted by Gasteiger charge is 2.19. The maximum absolute atomic E-state index is 12.8. The fraction of sp³-hybridized carbons (Fsp3) is 0.946. The topological polar surface area (TPSA) is 78.9 Å². The van der Waals surface area contributed by atoms with E-state index in [-0.39, 0.29) is 31.1 Å². The normalized spacial score (nSPS) is 12.0. The molecule has 0 amide bonds. The molecule has 0 saturated carbocycles. The third kappa shape index (κ3) is 49.4. The predicted molar refractivity (Wildman–Crippen MR) is 266 cm³/mol. The zero-order valence-electron chi connectivity index (χ0n) is 42.3. The van der Waals surface area contributed by atoms with Crippen molar-refractivity contribution in [3.63, 3.8) is 0 Å². The van der Waals surface area contributed by atoms with Gasteiger partial charge in [-0.25, -0.2) is 0 Å². The van der Waals surface area contributed by atoms with Crippen molar-refractivity contribution in [3.05, 3.63) is 0 Å². The molecule has 0 bridgehead atoms. The van der Waals surface area contributed by atoms with Crippen molar-refractivity contribution in [2.75, 3.05) is 13.2 Å². The quantitative estimate of drug-likeness (QED) is 0.0344. The second-order valence-corrected chi connectivity index (χ2v) is 19.7. The summed E-state index contributed by atoms with van der Waals surface area (Å²) in [6.07, 6.45) is 54.0. The minimum absolute atomic E-state index is 0.0632. The molecule has 368 valence electrons. The van der Waals surface area contributed by atoms with Crippen molar-refractivity contribution in [2.24, 2.45) is 5.92 Å². The van der Waals surface area contributed by atoms with E-state index in [9.17, 15) is 14.4 Å². The van der Waals surface area contributed by atoms with Gasteiger partial charge in [-0.1, -0.05) is 278 Å². The van der Waals surface area contributed by atoms with E-state index in [0.717, 1.165) is 63.7 Å². The van der Waals surface area contributed by atoms with E-state index in [2.05, 4.69) is 27.7 Å². The standard InChI is InChI=1S/C56H108O6/c1-5-7-9-11-13-15-17-19-21-23-25-26-28-30-32-34-39-43-47-54(57)60-50-53(51-61-55(58)48-44-40-37-36-38-42-46-52(3)4)62-56(59)49-45-41-35-33-31-29-27-24-22-20-18-16-14-12-10-8-6-2/h52-53H,5-51H2,1-4H3/t53-/m0/s1. The van der Waals surface area contributed by atoms with Crippen LogP contribution in [-0.2, 0) is 28.6 Å². The van der Waals surface area contributed by atoms with Crippen molar-refractivity contribution >= 4 is 17.9 Å². The van der Waals surface area contributed by atoms with Crippen LogP contribution in [0, 0.1) is 5.92 Å². The number of hydrogen-bond donors (Lipinski definition) is 0. The molecular formula is C56H108O6. The van der Waals surface area contributed by atoms with Gasteiger partial charge in [0.2, 0.25) is 0 Å². The van der Waals surface area contributed by atoms with Crippen LogP contribution in [0.2, 0.25) is 0 Å². The SMILES string of the molecule is CCCCCCCCCCCCCCCCCCCCC(=O)OC[C@@H](COC(=O)CCCCCCCCC(C)C)OC(=O)CCCCCCCCCCCCCCCCCCC. The summed E-state index contributed by atoms with van der Waals surface area (Å²) in [4.78, 5) is 38.0.